The third-order valence-corrected chi connectivity index (χ3v) is 3.39. The van der Waals surface area contributed by atoms with Gasteiger partial charge in [0.2, 0.25) is 0 Å². The molecule has 0 bridgehead atoms. The molecule has 0 aliphatic rings. The monoisotopic (exact) mass is 222 g/mol. The molecule has 3 nitrogen and oxygen atoms in total. The first kappa shape index (κ1) is 11.7. The highest BCUT2D eigenvalue weighted by molar-refractivity contribution is 7.12. The van der Waals surface area contributed by atoms with Crippen LogP contribution in [0.15, 0.2) is 17.5 Å². The number of thiophene rings is 1. The van der Waals surface area contributed by atoms with Crippen LogP contribution in [0.1, 0.15) is 36.4 Å². The summed E-state index contributed by atoms with van der Waals surface area (Å²) in [7, 11) is 0. The minimum absolute atomic E-state index is 0.157. The fourth-order valence-electron chi connectivity index (χ4n) is 1.30. The minimum atomic E-state index is -0.721. The lowest BCUT2D eigenvalue weighted by Crippen LogP contribution is -2.46. The Balaban J connectivity index is 2.77. The van der Waals surface area contributed by atoms with Crippen molar-refractivity contribution in [2.24, 2.45) is 0 Å². The second-order valence-electron chi connectivity index (χ2n) is 3.33. The van der Waals surface area contributed by atoms with Gasteiger partial charge >= 0.3 is 0 Å². The Hall–Kier alpha value is -1.34. The Labute approximate surface area is 93.7 Å². The minimum Gasteiger partial charge on any atom is -0.333 e. The lowest BCUT2D eigenvalue weighted by Gasteiger charge is -2.24. The van der Waals surface area contributed by atoms with Gasteiger partial charge < -0.3 is 5.32 Å². The smallest absolute Gasteiger partial charge is 0.262 e. The van der Waals surface area contributed by atoms with Crippen LogP contribution in [-0.4, -0.2) is 11.4 Å². The average Bonchev–Trinajstić information content (AvgIpc) is 2.79. The Morgan fingerprint density at radius 1 is 1.60 bits per heavy atom. The van der Waals surface area contributed by atoms with Crippen LogP contribution in [0, 0.1) is 11.3 Å². The molecule has 0 aliphatic carbocycles. The van der Waals surface area contributed by atoms with Gasteiger partial charge in [-0.05, 0) is 24.3 Å². The number of hydrogen-bond donors (Lipinski definition) is 1. The van der Waals surface area contributed by atoms with E-state index in [1.54, 1.807) is 6.07 Å². The Morgan fingerprint density at radius 3 is 2.67 bits per heavy atom. The van der Waals surface area contributed by atoms with Crippen LogP contribution in [0.3, 0.4) is 0 Å². The summed E-state index contributed by atoms with van der Waals surface area (Å²) in [5, 5.41) is 13.7. The number of carbonyl (C=O) groups is 1. The topological polar surface area (TPSA) is 52.9 Å². The molecule has 0 atom stereocenters. The predicted molar refractivity (Wildman–Crippen MR) is 60.7 cm³/mol. The SMILES string of the molecule is CCC(C#N)(CC)NC(=O)c1cccs1. The van der Waals surface area contributed by atoms with Gasteiger partial charge in [-0.2, -0.15) is 5.26 Å². The molecule has 1 amide bonds. The maximum atomic E-state index is 11.7. The zero-order valence-electron chi connectivity index (χ0n) is 8.91. The highest BCUT2D eigenvalue weighted by Gasteiger charge is 2.28. The van der Waals surface area contributed by atoms with E-state index in [1.165, 1.54) is 11.3 Å². The number of hydrogen-bond acceptors (Lipinski definition) is 3. The fourth-order valence-corrected chi connectivity index (χ4v) is 1.92. The van der Waals surface area contributed by atoms with Crippen molar-refractivity contribution in [2.45, 2.75) is 32.2 Å². The van der Waals surface area contributed by atoms with E-state index in [0.717, 1.165) is 0 Å². The molecule has 1 aromatic rings. The van der Waals surface area contributed by atoms with Crippen LogP contribution in [0.2, 0.25) is 0 Å². The fraction of sp³-hybridized carbons (Fsp3) is 0.455. The van der Waals surface area contributed by atoms with Crippen molar-refractivity contribution in [1.82, 2.24) is 5.32 Å². The van der Waals surface area contributed by atoms with Crippen molar-refractivity contribution < 1.29 is 4.79 Å². The quantitative estimate of drug-likeness (QED) is 0.851. The van der Waals surface area contributed by atoms with E-state index >= 15 is 0 Å². The highest BCUT2D eigenvalue weighted by Crippen LogP contribution is 2.16. The van der Waals surface area contributed by atoms with Crippen molar-refractivity contribution in [3.8, 4) is 6.07 Å². The summed E-state index contributed by atoms with van der Waals surface area (Å²) < 4.78 is 0. The zero-order chi connectivity index (χ0) is 11.3. The third kappa shape index (κ3) is 2.57. The number of nitrogens with one attached hydrogen (secondary N) is 1. The van der Waals surface area contributed by atoms with Gasteiger partial charge in [0.1, 0.15) is 5.54 Å². The van der Waals surface area contributed by atoms with E-state index in [-0.39, 0.29) is 5.91 Å². The van der Waals surface area contributed by atoms with Gasteiger partial charge in [-0.15, -0.1) is 11.3 Å². The van der Waals surface area contributed by atoms with Crippen molar-refractivity contribution in [3.63, 3.8) is 0 Å². The molecular formula is C11H14N2OS. The molecule has 4 heteroatoms. The number of nitriles is 1. The van der Waals surface area contributed by atoms with Crippen molar-refractivity contribution in [2.75, 3.05) is 0 Å². The van der Waals surface area contributed by atoms with Gasteiger partial charge in [0.15, 0.2) is 0 Å². The summed E-state index contributed by atoms with van der Waals surface area (Å²) in [5.74, 6) is -0.157. The molecular weight excluding hydrogens is 208 g/mol. The lowest BCUT2D eigenvalue weighted by atomic mass is 9.95. The first-order valence-electron chi connectivity index (χ1n) is 4.94. The van der Waals surface area contributed by atoms with Crippen LogP contribution in [0.5, 0.6) is 0 Å². The average molecular weight is 222 g/mol. The standard InChI is InChI=1S/C11H14N2OS/c1-3-11(4-2,8-12)13-10(14)9-6-5-7-15-9/h5-7H,3-4H2,1-2H3,(H,13,14). The Bertz CT molecular complexity index is 360. The molecule has 15 heavy (non-hydrogen) atoms. The largest absolute Gasteiger partial charge is 0.333 e. The van der Waals surface area contributed by atoms with E-state index in [0.29, 0.717) is 17.7 Å². The third-order valence-electron chi connectivity index (χ3n) is 2.52. The molecule has 0 radical (unpaired) electrons. The normalized spacial score (nSPS) is 10.7. The first-order chi connectivity index (χ1) is 7.17. The van der Waals surface area contributed by atoms with Crippen LogP contribution in [-0.2, 0) is 0 Å². The molecule has 0 saturated heterocycles. The van der Waals surface area contributed by atoms with E-state index in [9.17, 15) is 4.79 Å². The number of rotatable bonds is 4. The molecule has 0 aromatic carbocycles. The number of amides is 1. The van der Waals surface area contributed by atoms with Crippen LogP contribution in [0.25, 0.3) is 0 Å². The second-order valence-corrected chi connectivity index (χ2v) is 4.28. The van der Waals surface area contributed by atoms with Crippen molar-refractivity contribution in [3.05, 3.63) is 22.4 Å². The summed E-state index contributed by atoms with van der Waals surface area (Å²) in [6, 6.07) is 5.76. The molecule has 0 fully saturated rings. The van der Waals surface area contributed by atoms with Crippen molar-refractivity contribution in [1.29, 1.82) is 5.26 Å². The highest BCUT2D eigenvalue weighted by atomic mass is 32.1. The van der Waals surface area contributed by atoms with Gasteiger partial charge in [-0.3, -0.25) is 4.79 Å². The van der Waals surface area contributed by atoms with E-state index in [2.05, 4.69) is 11.4 Å². The molecule has 1 N–H and O–H groups in total. The molecule has 1 rings (SSSR count). The first-order valence-corrected chi connectivity index (χ1v) is 5.82. The lowest BCUT2D eigenvalue weighted by molar-refractivity contribution is 0.0920. The van der Waals surface area contributed by atoms with Gasteiger partial charge in [0, 0.05) is 0 Å². The zero-order valence-corrected chi connectivity index (χ0v) is 9.73. The van der Waals surface area contributed by atoms with Gasteiger partial charge in [-0.1, -0.05) is 19.9 Å². The molecule has 1 aromatic heterocycles. The van der Waals surface area contributed by atoms with Crippen molar-refractivity contribution >= 4 is 17.2 Å². The summed E-state index contributed by atoms with van der Waals surface area (Å²) in [6.07, 6.45) is 1.24. The van der Waals surface area contributed by atoms with E-state index < -0.39 is 5.54 Å². The number of nitrogens with zero attached hydrogens (tertiary/aromatic N) is 1. The maximum absolute atomic E-state index is 11.7. The molecule has 0 aliphatic heterocycles. The summed E-state index contributed by atoms with van der Waals surface area (Å²) in [6.45, 7) is 3.81. The Kier molecular flexibility index (Phi) is 3.87. The van der Waals surface area contributed by atoms with E-state index in [1.807, 2.05) is 25.3 Å². The molecule has 0 spiro atoms. The van der Waals surface area contributed by atoms with Crippen LogP contribution >= 0.6 is 11.3 Å². The van der Waals surface area contributed by atoms with Gasteiger partial charge in [-0.25, -0.2) is 0 Å². The summed E-state index contributed by atoms with van der Waals surface area (Å²) >= 11 is 1.38. The predicted octanol–water partition coefficient (Wildman–Crippen LogP) is 2.56. The maximum Gasteiger partial charge on any atom is 0.262 e. The van der Waals surface area contributed by atoms with Gasteiger partial charge in [0.05, 0.1) is 10.9 Å². The summed E-state index contributed by atoms with van der Waals surface area (Å²) in [5.41, 5.74) is -0.721. The molecule has 0 saturated carbocycles. The molecule has 1 heterocycles. The van der Waals surface area contributed by atoms with Crippen LogP contribution in [0.4, 0.5) is 0 Å². The molecule has 80 valence electrons. The van der Waals surface area contributed by atoms with E-state index in [4.69, 9.17) is 5.26 Å². The van der Waals surface area contributed by atoms with Gasteiger partial charge in [0.25, 0.3) is 5.91 Å². The van der Waals surface area contributed by atoms with Crippen LogP contribution < -0.4 is 5.32 Å². The Morgan fingerprint density at radius 2 is 2.27 bits per heavy atom. The molecule has 0 unspecified atom stereocenters. The summed E-state index contributed by atoms with van der Waals surface area (Å²) in [4.78, 5) is 12.4. The second kappa shape index (κ2) is 4.94. The number of carbonyl (C=O) groups excluding carboxylic acids is 1.